The molecule has 0 bridgehead atoms. The van der Waals surface area contributed by atoms with E-state index in [0.29, 0.717) is 19.5 Å². The third-order valence-electron chi connectivity index (χ3n) is 9.11. The molecule has 1 aromatic heterocycles. The van der Waals surface area contributed by atoms with Crippen LogP contribution < -0.4 is 15.4 Å². The maximum atomic E-state index is 14.5. The molecule has 0 radical (unpaired) electrons. The number of nitrogens with zero attached hydrogens (tertiary/aromatic N) is 4. The van der Waals surface area contributed by atoms with Gasteiger partial charge >= 0.3 is 0 Å². The van der Waals surface area contributed by atoms with Gasteiger partial charge in [0.2, 0.25) is 23.6 Å². The summed E-state index contributed by atoms with van der Waals surface area (Å²) in [4.78, 5) is 76.3. The zero-order valence-electron chi connectivity index (χ0n) is 28.3. The first kappa shape index (κ1) is 35.3. The summed E-state index contributed by atoms with van der Waals surface area (Å²) in [5.74, 6) is -2.59. The van der Waals surface area contributed by atoms with Crippen LogP contribution in [0.1, 0.15) is 35.2 Å². The molecule has 49 heavy (non-hydrogen) atoms. The number of halogens is 1. The zero-order chi connectivity index (χ0) is 35.2. The summed E-state index contributed by atoms with van der Waals surface area (Å²) >= 11 is 0. The molecule has 0 spiro atoms. The van der Waals surface area contributed by atoms with E-state index in [4.69, 9.17) is 4.74 Å². The van der Waals surface area contributed by atoms with Crippen LogP contribution in [0, 0.1) is 5.82 Å². The molecule has 3 atom stereocenters. The van der Waals surface area contributed by atoms with E-state index >= 15 is 0 Å². The number of nitrogens with one attached hydrogen (secondary N) is 3. The molecular formula is C35H44FN7O6. The Balaban J connectivity index is 1.36. The summed E-state index contributed by atoms with van der Waals surface area (Å²) in [5.41, 5.74) is 1.70. The Morgan fingerprint density at radius 1 is 1.08 bits per heavy atom. The van der Waals surface area contributed by atoms with Gasteiger partial charge in [0.1, 0.15) is 24.2 Å². The molecule has 2 aliphatic rings. The van der Waals surface area contributed by atoms with Crippen molar-refractivity contribution in [1.82, 2.24) is 35.2 Å². The van der Waals surface area contributed by atoms with E-state index in [0.717, 1.165) is 22.5 Å². The number of hydrogen-bond acceptors (Lipinski definition) is 7. The minimum Gasteiger partial charge on any atom is -0.491 e. The number of aromatic nitrogens is 1. The maximum absolute atomic E-state index is 14.5. The Labute approximate surface area is 284 Å². The van der Waals surface area contributed by atoms with Gasteiger partial charge < -0.3 is 40.0 Å². The van der Waals surface area contributed by atoms with E-state index in [9.17, 15) is 28.4 Å². The van der Waals surface area contributed by atoms with Gasteiger partial charge in [-0.25, -0.2) is 4.39 Å². The van der Waals surface area contributed by atoms with E-state index in [1.54, 1.807) is 4.90 Å². The van der Waals surface area contributed by atoms with Gasteiger partial charge in [0.15, 0.2) is 0 Å². The van der Waals surface area contributed by atoms with Crippen molar-refractivity contribution in [3.8, 4) is 5.75 Å². The molecule has 0 aliphatic carbocycles. The van der Waals surface area contributed by atoms with Gasteiger partial charge in [-0.1, -0.05) is 18.2 Å². The van der Waals surface area contributed by atoms with Gasteiger partial charge in [-0.05, 0) is 56.8 Å². The summed E-state index contributed by atoms with van der Waals surface area (Å²) < 4.78 is 20.6. The fraction of sp³-hybridized carbons (Fsp3) is 0.457. The number of carbonyl (C=O) groups is 5. The van der Waals surface area contributed by atoms with E-state index in [-0.39, 0.29) is 74.0 Å². The van der Waals surface area contributed by atoms with Crippen molar-refractivity contribution in [2.24, 2.45) is 0 Å². The van der Waals surface area contributed by atoms with Gasteiger partial charge in [-0.15, -0.1) is 0 Å². The average Bonchev–Trinajstić information content (AvgIpc) is 3.66. The van der Waals surface area contributed by atoms with Crippen LogP contribution in [0.3, 0.4) is 0 Å². The van der Waals surface area contributed by atoms with Crippen molar-refractivity contribution in [3.63, 3.8) is 0 Å². The Kier molecular flexibility index (Phi) is 11.2. The monoisotopic (exact) mass is 677 g/mol. The normalized spacial score (nSPS) is 20.8. The van der Waals surface area contributed by atoms with Gasteiger partial charge in [0.25, 0.3) is 5.91 Å². The first-order valence-corrected chi connectivity index (χ1v) is 16.4. The first-order chi connectivity index (χ1) is 23.4. The lowest BCUT2D eigenvalue weighted by atomic mass is 10.1. The second-order valence-electron chi connectivity index (χ2n) is 13.0. The molecule has 5 amide bonds. The standard InChI is InChI=1S/C35H44FN7O6/c1-40(2)14-13-37-34(47)29-10-12-32(45)41(3)20-33(46)43-19-24(39-31(44)15-22-18-38-28-8-6-5-7-26(22)28)17-25(43)21-49-30-11-9-23(36)16-27(30)35(48)42(29)4/h5-9,11,16,18,24-25,29,38H,10,12-15,17,19-21H2,1-4H3,(H,37,47)(H,39,44). The van der Waals surface area contributed by atoms with Crippen molar-refractivity contribution in [3.05, 3.63) is 65.6 Å². The molecule has 1 fully saturated rings. The predicted molar refractivity (Wildman–Crippen MR) is 180 cm³/mol. The number of para-hydroxylation sites is 1. The molecule has 2 aromatic carbocycles. The van der Waals surface area contributed by atoms with Crippen LogP contribution in [0.2, 0.25) is 0 Å². The van der Waals surface area contributed by atoms with Crippen LogP contribution in [-0.4, -0.2) is 133 Å². The van der Waals surface area contributed by atoms with E-state index in [1.165, 1.54) is 36.0 Å². The third-order valence-corrected chi connectivity index (χ3v) is 9.11. The molecule has 0 saturated carbocycles. The van der Waals surface area contributed by atoms with Gasteiger partial charge in [0.05, 0.1) is 24.6 Å². The Bertz CT molecular complexity index is 1710. The van der Waals surface area contributed by atoms with Crippen LogP contribution in [0.25, 0.3) is 10.9 Å². The molecule has 13 nitrogen and oxygen atoms in total. The predicted octanol–water partition coefficient (Wildman–Crippen LogP) is 1.38. The smallest absolute Gasteiger partial charge is 0.258 e. The number of rotatable bonds is 7. The van der Waals surface area contributed by atoms with E-state index in [2.05, 4.69) is 15.6 Å². The molecule has 3 unspecified atom stereocenters. The molecule has 3 heterocycles. The summed E-state index contributed by atoms with van der Waals surface area (Å²) in [5, 5.41) is 6.82. The quantitative estimate of drug-likeness (QED) is 0.343. The fourth-order valence-corrected chi connectivity index (χ4v) is 6.38. The van der Waals surface area contributed by atoms with Crippen LogP contribution >= 0.6 is 0 Å². The van der Waals surface area contributed by atoms with Crippen molar-refractivity contribution in [1.29, 1.82) is 0 Å². The van der Waals surface area contributed by atoms with Gasteiger partial charge in [0, 0.05) is 63.3 Å². The third kappa shape index (κ3) is 8.55. The number of H-pyrrole nitrogens is 1. The van der Waals surface area contributed by atoms with Crippen molar-refractivity contribution in [2.75, 3.05) is 61.0 Å². The number of fused-ring (bicyclic) bond motifs is 3. The minimum absolute atomic E-state index is 0.0181. The summed E-state index contributed by atoms with van der Waals surface area (Å²) in [6.45, 7) is 0.808. The topological polar surface area (TPSA) is 147 Å². The molecule has 2 aliphatic heterocycles. The SMILES string of the molecule is CN(C)CCNC(=O)C1CCC(=O)N(C)CC(=O)N2CC(NC(=O)Cc3c[nH]c4ccccc34)CC2COc2ccc(F)cc2C(=O)N1C. The number of benzene rings is 2. The first-order valence-electron chi connectivity index (χ1n) is 16.4. The highest BCUT2D eigenvalue weighted by atomic mass is 19.1. The van der Waals surface area contributed by atoms with Crippen molar-refractivity contribution < 1.29 is 33.1 Å². The molecule has 14 heteroatoms. The fourth-order valence-electron chi connectivity index (χ4n) is 6.38. The number of amides is 5. The van der Waals surface area contributed by atoms with Crippen molar-refractivity contribution in [2.45, 2.75) is 43.8 Å². The lowest BCUT2D eigenvalue weighted by Gasteiger charge is -2.28. The molecule has 3 N–H and O–H groups in total. The summed E-state index contributed by atoms with van der Waals surface area (Å²) in [6.07, 6.45) is 2.19. The van der Waals surface area contributed by atoms with Gasteiger partial charge in [-0.3, -0.25) is 24.0 Å². The molecule has 262 valence electrons. The van der Waals surface area contributed by atoms with Crippen LogP contribution in [-0.2, 0) is 25.6 Å². The Hall–Kier alpha value is -4.98. The molecule has 3 aromatic rings. The number of carbonyl (C=O) groups excluding carboxylic acids is 5. The maximum Gasteiger partial charge on any atom is 0.258 e. The van der Waals surface area contributed by atoms with Crippen LogP contribution in [0.5, 0.6) is 5.75 Å². The average molecular weight is 678 g/mol. The highest BCUT2D eigenvalue weighted by Crippen LogP contribution is 2.26. The van der Waals surface area contributed by atoms with Crippen LogP contribution in [0.4, 0.5) is 4.39 Å². The molecule has 1 saturated heterocycles. The number of ether oxygens (including phenoxy) is 1. The number of aromatic amines is 1. The van der Waals surface area contributed by atoms with Crippen LogP contribution in [0.15, 0.2) is 48.7 Å². The van der Waals surface area contributed by atoms with Crippen molar-refractivity contribution >= 4 is 40.4 Å². The summed E-state index contributed by atoms with van der Waals surface area (Å²) in [7, 11) is 6.67. The number of hydrogen-bond donors (Lipinski definition) is 3. The summed E-state index contributed by atoms with van der Waals surface area (Å²) in [6, 6.07) is 9.34. The Morgan fingerprint density at radius 3 is 2.63 bits per heavy atom. The molecular weight excluding hydrogens is 633 g/mol. The lowest BCUT2D eigenvalue weighted by molar-refractivity contribution is -0.140. The second-order valence-corrected chi connectivity index (χ2v) is 13.0. The Morgan fingerprint density at radius 2 is 1.86 bits per heavy atom. The molecule has 5 rings (SSSR count). The van der Waals surface area contributed by atoms with E-state index < -0.39 is 29.7 Å². The zero-order valence-corrected chi connectivity index (χ0v) is 28.3. The highest BCUT2D eigenvalue weighted by Gasteiger charge is 2.38. The minimum atomic E-state index is -1.04. The number of likely N-dealkylation sites (N-methyl/N-ethyl adjacent to an activating group) is 3. The largest absolute Gasteiger partial charge is 0.491 e. The second kappa shape index (κ2) is 15.5. The highest BCUT2D eigenvalue weighted by molar-refractivity contribution is 5.99. The lowest BCUT2D eigenvalue weighted by Crippen LogP contribution is -2.49. The van der Waals surface area contributed by atoms with E-state index in [1.807, 2.05) is 49.5 Å². The van der Waals surface area contributed by atoms with Gasteiger partial charge in [-0.2, -0.15) is 0 Å².